The summed E-state index contributed by atoms with van der Waals surface area (Å²) < 4.78 is 21.3. The van der Waals surface area contributed by atoms with Gasteiger partial charge in [0.2, 0.25) is 0 Å². The molecule has 1 aliphatic heterocycles. The van der Waals surface area contributed by atoms with Gasteiger partial charge in [0.25, 0.3) is 0 Å². The highest BCUT2D eigenvalue weighted by molar-refractivity contribution is 7.93. The summed E-state index contributed by atoms with van der Waals surface area (Å²) in [4.78, 5) is 0. The van der Waals surface area contributed by atoms with Crippen LogP contribution in [-0.2, 0) is 9.84 Å². The average Bonchev–Trinajstić information content (AvgIpc) is 1.82. The molecule has 0 saturated carbocycles. The fourth-order valence-electron chi connectivity index (χ4n) is 0.973. The molecule has 0 amide bonds. The van der Waals surface area contributed by atoms with Crippen LogP contribution in [0.15, 0.2) is 0 Å². The third-order valence-electron chi connectivity index (χ3n) is 1.63. The van der Waals surface area contributed by atoms with Crippen LogP contribution in [0.25, 0.3) is 0 Å². The van der Waals surface area contributed by atoms with Gasteiger partial charge in [0.05, 0.1) is 17.6 Å². The molecule has 0 bridgehead atoms. The topological polar surface area (TPSA) is 70.0 Å². The predicted molar refractivity (Wildman–Crippen MR) is 36.1 cm³/mol. The number of hydrogen-bond acceptors (Lipinski definition) is 4. The summed E-state index contributed by atoms with van der Waals surface area (Å²) in [5, 5.41) is 11.2. The van der Waals surface area contributed by atoms with E-state index in [2.05, 4.69) is 5.32 Å². The standard InChI is InChI=1S/C5H8N2O2S/c1-7-5(2-6)3-10(8,9)4-5/h7H,3-4H2,1H3. The van der Waals surface area contributed by atoms with Gasteiger partial charge in [-0.3, -0.25) is 0 Å². The molecule has 56 valence electrons. The number of nitrogens with zero attached hydrogens (tertiary/aromatic N) is 1. The predicted octanol–water partition coefficient (Wildman–Crippen LogP) is -1.10. The average molecular weight is 160 g/mol. The van der Waals surface area contributed by atoms with E-state index in [-0.39, 0.29) is 11.5 Å². The van der Waals surface area contributed by atoms with Gasteiger partial charge in [-0.1, -0.05) is 0 Å². The van der Waals surface area contributed by atoms with Crippen LogP contribution in [-0.4, -0.2) is 32.5 Å². The molecule has 1 N–H and O–H groups in total. The Morgan fingerprint density at radius 3 is 2.20 bits per heavy atom. The summed E-state index contributed by atoms with van der Waals surface area (Å²) in [7, 11) is -1.30. The van der Waals surface area contributed by atoms with Crippen LogP contribution >= 0.6 is 0 Å². The summed E-state index contributed by atoms with van der Waals surface area (Å²) in [6.07, 6.45) is 0. The first-order valence-corrected chi connectivity index (χ1v) is 4.66. The van der Waals surface area contributed by atoms with Crippen molar-refractivity contribution in [3.63, 3.8) is 0 Å². The number of nitrogens with one attached hydrogen (secondary N) is 1. The molecular formula is C5H8N2O2S. The summed E-state index contributed by atoms with van der Waals surface area (Å²) >= 11 is 0. The Hall–Kier alpha value is -0.600. The van der Waals surface area contributed by atoms with E-state index in [0.717, 1.165) is 0 Å². The van der Waals surface area contributed by atoms with Gasteiger partial charge < -0.3 is 5.32 Å². The number of sulfone groups is 1. The molecule has 0 atom stereocenters. The molecule has 1 rings (SSSR count). The molecule has 1 fully saturated rings. The van der Waals surface area contributed by atoms with Gasteiger partial charge in [0.1, 0.15) is 5.54 Å². The molecule has 0 aromatic carbocycles. The van der Waals surface area contributed by atoms with Gasteiger partial charge in [0, 0.05) is 0 Å². The smallest absolute Gasteiger partial charge is 0.156 e. The van der Waals surface area contributed by atoms with Crippen LogP contribution < -0.4 is 5.32 Å². The van der Waals surface area contributed by atoms with Crippen LogP contribution in [0, 0.1) is 11.3 Å². The van der Waals surface area contributed by atoms with Crippen molar-refractivity contribution < 1.29 is 8.42 Å². The van der Waals surface area contributed by atoms with Crippen molar-refractivity contribution in [2.75, 3.05) is 18.6 Å². The first-order chi connectivity index (χ1) is 4.54. The van der Waals surface area contributed by atoms with Crippen molar-refractivity contribution in [1.29, 1.82) is 5.26 Å². The van der Waals surface area contributed by atoms with Gasteiger partial charge >= 0.3 is 0 Å². The monoisotopic (exact) mass is 160 g/mol. The summed E-state index contributed by atoms with van der Waals surface area (Å²) in [5.41, 5.74) is -0.793. The quantitative estimate of drug-likeness (QED) is 0.528. The highest BCUT2D eigenvalue weighted by Crippen LogP contribution is 2.21. The molecule has 0 aromatic rings. The van der Waals surface area contributed by atoms with Crippen LogP contribution in [0.4, 0.5) is 0 Å². The largest absolute Gasteiger partial charge is 0.301 e. The van der Waals surface area contributed by atoms with Crippen molar-refractivity contribution >= 4 is 9.84 Å². The molecular weight excluding hydrogens is 152 g/mol. The molecule has 0 unspecified atom stereocenters. The van der Waals surface area contributed by atoms with Crippen LogP contribution in [0.1, 0.15) is 0 Å². The lowest BCUT2D eigenvalue weighted by molar-refractivity contribution is 0.472. The summed E-state index contributed by atoms with van der Waals surface area (Å²) in [5.74, 6) is -0.0972. The highest BCUT2D eigenvalue weighted by Gasteiger charge is 2.47. The normalized spacial score (nSPS) is 26.4. The van der Waals surface area contributed by atoms with E-state index in [9.17, 15) is 8.42 Å². The molecule has 0 radical (unpaired) electrons. The highest BCUT2D eigenvalue weighted by atomic mass is 32.2. The van der Waals surface area contributed by atoms with E-state index in [1.54, 1.807) is 7.05 Å². The minimum absolute atomic E-state index is 0.0486. The van der Waals surface area contributed by atoms with E-state index in [0.29, 0.717) is 0 Å². The zero-order valence-electron chi connectivity index (χ0n) is 5.59. The second-order valence-electron chi connectivity index (χ2n) is 2.48. The Bertz CT molecular complexity index is 263. The lowest BCUT2D eigenvalue weighted by Crippen LogP contribution is -2.61. The molecule has 1 heterocycles. The van der Waals surface area contributed by atoms with E-state index in [4.69, 9.17) is 5.26 Å². The van der Waals surface area contributed by atoms with Gasteiger partial charge in [-0.05, 0) is 7.05 Å². The molecule has 0 aromatic heterocycles. The summed E-state index contributed by atoms with van der Waals surface area (Å²) in [6, 6.07) is 1.93. The van der Waals surface area contributed by atoms with Gasteiger partial charge in [-0.15, -0.1) is 0 Å². The molecule has 4 nitrogen and oxygen atoms in total. The minimum atomic E-state index is -2.90. The number of nitriles is 1. The number of rotatable bonds is 1. The maximum absolute atomic E-state index is 10.6. The van der Waals surface area contributed by atoms with Crippen molar-refractivity contribution in [1.82, 2.24) is 5.32 Å². The van der Waals surface area contributed by atoms with Crippen LogP contribution in [0.2, 0.25) is 0 Å². The van der Waals surface area contributed by atoms with Crippen molar-refractivity contribution in [2.45, 2.75) is 5.54 Å². The Balaban J connectivity index is 2.75. The van der Waals surface area contributed by atoms with Crippen LogP contribution in [0.3, 0.4) is 0 Å². The summed E-state index contributed by atoms with van der Waals surface area (Å²) in [6.45, 7) is 0. The third kappa shape index (κ3) is 1.00. The maximum Gasteiger partial charge on any atom is 0.156 e. The first-order valence-electron chi connectivity index (χ1n) is 2.84. The molecule has 0 spiro atoms. The van der Waals surface area contributed by atoms with Crippen molar-refractivity contribution in [3.05, 3.63) is 0 Å². The second kappa shape index (κ2) is 1.94. The van der Waals surface area contributed by atoms with Crippen molar-refractivity contribution in [3.8, 4) is 6.07 Å². The Morgan fingerprint density at radius 2 is 2.10 bits per heavy atom. The molecule has 1 aliphatic rings. The Kier molecular flexibility index (Phi) is 1.46. The lowest BCUT2D eigenvalue weighted by atomic mass is 10.1. The van der Waals surface area contributed by atoms with Gasteiger partial charge in [0.15, 0.2) is 9.84 Å². The molecule has 1 saturated heterocycles. The van der Waals surface area contributed by atoms with E-state index in [1.165, 1.54) is 0 Å². The molecule has 5 heteroatoms. The maximum atomic E-state index is 10.6. The van der Waals surface area contributed by atoms with Gasteiger partial charge in [-0.25, -0.2) is 8.42 Å². The fourth-order valence-corrected chi connectivity index (χ4v) is 2.81. The van der Waals surface area contributed by atoms with E-state index < -0.39 is 15.4 Å². The first kappa shape index (κ1) is 7.51. The lowest BCUT2D eigenvalue weighted by Gasteiger charge is -2.33. The van der Waals surface area contributed by atoms with Crippen LogP contribution in [0.5, 0.6) is 0 Å². The minimum Gasteiger partial charge on any atom is -0.301 e. The fraction of sp³-hybridized carbons (Fsp3) is 0.800. The Morgan fingerprint density at radius 1 is 1.60 bits per heavy atom. The zero-order valence-corrected chi connectivity index (χ0v) is 6.40. The zero-order chi connectivity index (χ0) is 7.83. The second-order valence-corrected chi connectivity index (χ2v) is 4.54. The third-order valence-corrected chi connectivity index (χ3v) is 3.49. The number of hydrogen-bond donors (Lipinski definition) is 1. The molecule has 0 aliphatic carbocycles. The Labute approximate surface area is 59.8 Å². The SMILES string of the molecule is CNC1(C#N)CS(=O)(=O)C1. The molecule has 10 heavy (non-hydrogen) atoms. The van der Waals surface area contributed by atoms with E-state index >= 15 is 0 Å². The van der Waals surface area contributed by atoms with Gasteiger partial charge in [-0.2, -0.15) is 5.26 Å². The van der Waals surface area contributed by atoms with E-state index in [1.807, 2.05) is 6.07 Å². The van der Waals surface area contributed by atoms with Crippen molar-refractivity contribution in [2.24, 2.45) is 0 Å².